The van der Waals surface area contributed by atoms with E-state index in [0.717, 1.165) is 47.3 Å². The maximum atomic E-state index is 5.75. The van der Waals surface area contributed by atoms with Gasteiger partial charge in [0.05, 0.1) is 6.04 Å². The van der Waals surface area contributed by atoms with Crippen molar-refractivity contribution in [2.24, 2.45) is 13.0 Å². The van der Waals surface area contributed by atoms with Crippen LogP contribution in [0.15, 0.2) is 53.2 Å². The summed E-state index contributed by atoms with van der Waals surface area (Å²) in [5.41, 5.74) is 4.37. The number of likely N-dealkylation sites (N-methyl/N-ethyl adjacent to an activating group) is 1. The number of hydrogen-bond donors (Lipinski definition) is 0. The zero-order chi connectivity index (χ0) is 21.1. The molecular formula is C24H26N6O. The molecule has 0 radical (unpaired) electrons. The van der Waals surface area contributed by atoms with Crippen molar-refractivity contribution in [2.45, 2.75) is 31.8 Å². The molecule has 2 aromatic heterocycles. The van der Waals surface area contributed by atoms with Crippen molar-refractivity contribution in [1.29, 1.82) is 0 Å². The van der Waals surface area contributed by atoms with Crippen molar-refractivity contribution in [3.8, 4) is 11.3 Å². The maximum absolute atomic E-state index is 5.75. The number of piperidine rings is 1. The second-order valence-corrected chi connectivity index (χ2v) is 9.00. The summed E-state index contributed by atoms with van der Waals surface area (Å²) in [6, 6.07) is 11.1. The quantitative estimate of drug-likeness (QED) is 0.644. The molecule has 0 amide bonds. The molecule has 1 saturated heterocycles. The monoisotopic (exact) mass is 414 g/mol. The number of aryl methyl sites for hydroxylation is 1. The van der Waals surface area contributed by atoms with E-state index < -0.39 is 0 Å². The third-order valence-electron chi connectivity index (χ3n) is 6.73. The van der Waals surface area contributed by atoms with Gasteiger partial charge in [0.25, 0.3) is 0 Å². The molecule has 3 atom stereocenters. The highest BCUT2D eigenvalue weighted by atomic mass is 16.5. The van der Waals surface area contributed by atoms with Gasteiger partial charge in [0.15, 0.2) is 11.6 Å². The van der Waals surface area contributed by atoms with E-state index in [2.05, 4.69) is 99.4 Å². The van der Waals surface area contributed by atoms with Gasteiger partial charge in [0, 0.05) is 43.9 Å². The first-order valence-corrected chi connectivity index (χ1v) is 10.9. The van der Waals surface area contributed by atoms with Gasteiger partial charge in [-0.2, -0.15) is 0 Å². The first-order chi connectivity index (χ1) is 15.1. The standard InChI is InChI=1S/C24H26N6O/c1-15-5-4-6-17(11-15)22-14-19(27-31-22)21-13-18-12-20(18)30(21)24-26-25-23(29(24)3)16-7-9-28(2)10-8-16/h4-9,11,14,18,20-21H,10,12-13H2,1-3H3/t18-,20-,21-/m1/s1. The Hall–Kier alpha value is -3.35. The molecule has 7 heteroatoms. The lowest BCUT2D eigenvalue weighted by Gasteiger charge is -2.26. The van der Waals surface area contributed by atoms with E-state index in [1.165, 1.54) is 12.0 Å². The summed E-state index contributed by atoms with van der Waals surface area (Å²) in [6.45, 7) is 2.97. The van der Waals surface area contributed by atoms with Crippen molar-refractivity contribution < 1.29 is 4.52 Å². The number of allylic oxidation sites excluding steroid dienone is 2. The fraction of sp³-hybridized carbons (Fsp3) is 0.375. The van der Waals surface area contributed by atoms with Gasteiger partial charge >= 0.3 is 0 Å². The summed E-state index contributed by atoms with van der Waals surface area (Å²) >= 11 is 0. The molecule has 6 rings (SSSR count). The van der Waals surface area contributed by atoms with E-state index in [-0.39, 0.29) is 6.04 Å². The lowest BCUT2D eigenvalue weighted by atomic mass is 10.1. The van der Waals surface area contributed by atoms with Crippen LogP contribution in [0.25, 0.3) is 16.9 Å². The molecule has 2 fully saturated rings. The first-order valence-electron chi connectivity index (χ1n) is 10.9. The third kappa shape index (κ3) is 3.07. The summed E-state index contributed by atoms with van der Waals surface area (Å²) in [4.78, 5) is 4.56. The van der Waals surface area contributed by atoms with Crippen LogP contribution in [0.3, 0.4) is 0 Å². The molecular weight excluding hydrogens is 388 g/mol. The molecule has 1 aliphatic carbocycles. The van der Waals surface area contributed by atoms with Crippen LogP contribution < -0.4 is 4.90 Å². The number of rotatable bonds is 4. The summed E-state index contributed by atoms with van der Waals surface area (Å²) in [5.74, 6) is 3.34. The highest BCUT2D eigenvalue weighted by molar-refractivity contribution is 5.71. The predicted molar refractivity (Wildman–Crippen MR) is 119 cm³/mol. The van der Waals surface area contributed by atoms with Crippen molar-refractivity contribution in [3.63, 3.8) is 0 Å². The molecule has 158 valence electrons. The van der Waals surface area contributed by atoms with E-state index in [4.69, 9.17) is 4.52 Å². The number of fused-ring (bicyclic) bond motifs is 1. The second-order valence-electron chi connectivity index (χ2n) is 9.00. The Balaban J connectivity index is 1.32. The van der Waals surface area contributed by atoms with Crippen molar-refractivity contribution in [2.75, 3.05) is 18.5 Å². The average Bonchev–Trinajstić information content (AvgIpc) is 3.09. The molecule has 4 heterocycles. The topological polar surface area (TPSA) is 63.2 Å². The molecule has 0 bridgehead atoms. The highest BCUT2D eigenvalue weighted by Crippen LogP contribution is 2.54. The number of hydrogen-bond acceptors (Lipinski definition) is 6. The van der Waals surface area contributed by atoms with Crippen molar-refractivity contribution in [1.82, 2.24) is 24.8 Å². The first kappa shape index (κ1) is 18.4. The van der Waals surface area contributed by atoms with E-state index >= 15 is 0 Å². The van der Waals surface area contributed by atoms with Crippen LogP contribution in [0.4, 0.5) is 5.95 Å². The second kappa shape index (κ2) is 6.83. The molecule has 0 unspecified atom stereocenters. The van der Waals surface area contributed by atoms with Gasteiger partial charge in [-0.25, -0.2) is 0 Å². The zero-order valence-electron chi connectivity index (χ0n) is 18.1. The lowest BCUT2D eigenvalue weighted by molar-refractivity contribution is 0.412. The Kier molecular flexibility index (Phi) is 4.06. The van der Waals surface area contributed by atoms with Gasteiger partial charge in [0.1, 0.15) is 5.69 Å². The SMILES string of the molecule is Cc1cccc(-c2cc([C@H]3C[C@H]4C[C@H]4N3c3nnc(C4=CCN(C)C=C4)n3C)no2)c1. The number of benzene rings is 1. The average molecular weight is 415 g/mol. The zero-order valence-corrected chi connectivity index (χ0v) is 18.1. The molecule has 0 N–H and O–H groups in total. The van der Waals surface area contributed by atoms with Gasteiger partial charge in [-0.3, -0.25) is 4.57 Å². The minimum atomic E-state index is 0.170. The van der Waals surface area contributed by atoms with Gasteiger partial charge in [0.2, 0.25) is 5.95 Å². The lowest BCUT2D eigenvalue weighted by Crippen LogP contribution is -2.29. The van der Waals surface area contributed by atoms with E-state index in [1.807, 2.05) is 0 Å². The molecule has 31 heavy (non-hydrogen) atoms. The minimum Gasteiger partial charge on any atom is -0.377 e. The molecule has 3 aliphatic rings. The highest BCUT2D eigenvalue weighted by Gasteiger charge is 2.54. The minimum absolute atomic E-state index is 0.170. The largest absolute Gasteiger partial charge is 0.377 e. The molecule has 3 aromatic rings. The van der Waals surface area contributed by atoms with Crippen molar-refractivity contribution >= 4 is 11.5 Å². The van der Waals surface area contributed by atoms with Crippen molar-refractivity contribution in [3.05, 3.63) is 65.8 Å². The van der Waals surface area contributed by atoms with E-state index in [9.17, 15) is 0 Å². The number of anilines is 1. The van der Waals surface area contributed by atoms with Crippen LogP contribution in [0.5, 0.6) is 0 Å². The Morgan fingerprint density at radius 1 is 1.10 bits per heavy atom. The smallest absolute Gasteiger partial charge is 0.228 e. The molecule has 0 spiro atoms. The summed E-state index contributed by atoms with van der Waals surface area (Å²) in [5, 5.41) is 13.6. The van der Waals surface area contributed by atoms with E-state index in [1.54, 1.807) is 0 Å². The van der Waals surface area contributed by atoms with Gasteiger partial charge in [-0.15, -0.1) is 10.2 Å². The molecule has 7 nitrogen and oxygen atoms in total. The molecule has 2 aliphatic heterocycles. The van der Waals surface area contributed by atoms with Crippen LogP contribution in [0.1, 0.15) is 36.0 Å². The predicted octanol–water partition coefficient (Wildman–Crippen LogP) is 3.96. The van der Waals surface area contributed by atoms with Gasteiger partial charge < -0.3 is 14.3 Å². The fourth-order valence-electron chi connectivity index (χ4n) is 4.93. The van der Waals surface area contributed by atoms with Crippen LogP contribution in [-0.4, -0.2) is 44.5 Å². The number of nitrogens with zero attached hydrogens (tertiary/aromatic N) is 6. The fourth-order valence-corrected chi connectivity index (χ4v) is 4.93. The summed E-state index contributed by atoms with van der Waals surface area (Å²) in [7, 11) is 4.13. The Bertz CT molecular complexity index is 1200. The molecule has 1 saturated carbocycles. The van der Waals surface area contributed by atoms with Crippen LogP contribution >= 0.6 is 0 Å². The Morgan fingerprint density at radius 3 is 2.81 bits per heavy atom. The van der Waals surface area contributed by atoms with Crippen LogP contribution in [0, 0.1) is 12.8 Å². The van der Waals surface area contributed by atoms with Gasteiger partial charge in [-0.1, -0.05) is 35.0 Å². The third-order valence-corrected chi connectivity index (χ3v) is 6.73. The number of aromatic nitrogens is 4. The summed E-state index contributed by atoms with van der Waals surface area (Å²) in [6.07, 6.45) is 8.68. The van der Waals surface area contributed by atoms with Crippen LogP contribution in [-0.2, 0) is 7.05 Å². The normalized spacial score (nSPS) is 24.5. The van der Waals surface area contributed by atoms with Gasteiger partial charge in [-0.05, 0) is 44.0 Å². The van der Waals surface area contributed by atoms with Crippen LogP contribution in [0.2, 0.25) is 0 Å². The molecule has 1 aromatic carbocycles. The Morgan fingerprint density at radius 2 is 2.00 bits per heavy atom. The maximum Gasteiger partial charge on any atom is 0.228 e. The Labute approximate surface area is 181 Å². The van der Waals surface area contributed by atoms with E-state index in [0.29, 0.717) is 12.0 Å². The summed E-state index contributed by atoms with van der Waals surface area (Å²) < 4.78 is 7.87.